The van der Waals surface area contributed by atoms with Crippen molar-refractivity contribution in [2.24, 2.45) is 0 Å². The van der Waals surface area contributed by atoms with Crippen molar-refractivity contribution < 1.29 is 4.79 Å². The summed E-state index contributed by atoms with van der Waals surface area (Å²) in [6, 6.07) is 10.9. The average Bonchev–Trinajstić information content (AvgIpc) is 3.27. The highest BCUT2D eigenvalue weighted by Gasteiger charge is 2.08. The summed E-state index contributed by atoms with van der Waals surface area (Å²) in [4.78, 5) is 16.2. The summed E-state index contributed by atoms with van der Waals surface area (Å²) in [5, 5.41) is 18.0. The first-order chi connectivity index (χ1) is 11.8. The number of carbonyl (C=O) groups excluding carboxylic acids is 1. The smallest absolute Gasteiger partial charge is 0.257 e. The minimum absolute atomic E-state index is 0.226. The SMILES string of the molecule is O=C(Nc1ccc(Cn2cncn2)cc1)c1ccc2nnnn2c1. The molecule has 0 saturated carbocycles. The number of fused-ring (bicyclic) bond motifs is 1. The molecular weight excluding hydrogens is 308 g/mol. The van der Waals surface area contributed by atoms with E-state index >= 15 is 0 Å². The van der Waals surface area contributed by atoms with E-state index in [1.165, 1.54) is 10.8 Å². The predicted octanol–water partition coefficient (Wildman–Crippen LogP) is 1.02. The fourth-order valence-corrected chi connectivity index (χ4v) is 2.27. The lowest BCUT2D eigenvalue weighted by molar-refractivity contribution is 0.102. The number of hydrogen-bond donors (Lipinski definition) is 1. The van der Waals surface area contributed by atoms with Gasteiger partial charge in [0.25, 0.3) is 5.91 Å². The highest BCUT2D eigenvalue weighted by atomic mass is 16.1. The standard InChI is InChI=1S/C15H12N8O/c24-15(12-3-6-14-19-20-21-23(14)8-12)18-13-4-1-11(2-5-13)7-22-10-16-9-17-22/h1-6,8-10H,7H2,(H,18,24). The Labute approximate surface area is 135 Å². The van der Waals surface area contributed by atoms with E-state index in [0.29, 0.717) is 23.4 Å². The van der Waals surface area contributed by atoms with Crippen LogP contribution in [-0.2, 0) is 6.54 Å². The van der Waals surface area contributed by atoms with E-state index < -0.39 is 0 Å². The molecule has 0 aliphatic rings. The number of aromatic nitrogens is 7. The van der Waals surface area contributed by atoms with Crippen LogP contribution in [0.4, 0.5) is 5.69 Å². The van der Waals surface area contributed by atoms with E-state index in [1.54, 1.807) is 29.3 Å². The van der Waals surface area contributed by atoms with Crippen molar-refractivity contribution in [3.8, 4) is 0 Å². The lowest BCUT2D eigenvalue weighted by atomic mass is 10.2. The van der Waals surface area contributed by atoms with Crippen molar-refractivity contribution in [2.45, 2.75) is 6.54 Å². The topological polar surface area (TPSA) is 103 Å². The highest BCUT2D eigenvalue weighted by Crippen LogP contribution is 2.12. The molecule has 0 saturated heterocycles. The Morgan fingerprint density at radius 2 is 2.00 bits per heavy atom. The number of benzene rings is 1. The number of nitrogens with zero attached hydrogens (tertiary/aromatic N) is 7. The molecule has 0 unspecified atom stereocenters. The Hall–Kier alpha value is -3.62. The minimum Gasteiger partial charge on any atom is -0.322 e. The summed E-state index contributed by atoms with van der Waals surface area (Å²) in [5.41, 5.74) is 2.83. The number of rotatable bonds is 4. The number of hydrogen-bond acceptors (Lipinski definition) is 6. The molecule has 0 aliphatic carbocycles. The number of amides is 1. The Morgan fingerprint density at radius 3 is 2.79 bits per heavy atom. The van der Waals surface area contributed by atoms with Gasteiger partial charge in [0.15, 0.2) is 5.65 Å². The molecule has 1 aromatic carbocycles. The van der Waals surface area contributed by atoms with Gasteiger partial charge in [-0.2, -0.15) is 9.61 Å². The Bertz CT molecular complexity index is 974. The molecule has 9 nitrogen and oxygen atoms in total. The van der Waals surface area contributed by atoms with Gasteiger partial charge >= 0.3 is 0 Å². The molecule has 0 aliphatic heterocycles. The summed E-state index contributed by atoms with van der Waals surface area (Å²) in [5.74, 6) is -0.226. The molecule has 0 spiro atoms. The molecule has 118 valence electrons. The van der Waals surface area contributed by atoms with E-state index in [1.807, 2.05) is 24.3 Å². The van der Waals surface area contributed by atoms with Crippen LogP contribution in [0.5, 0.6) is 0 Å². The summed E-state index contributed by atoms with van der Waals surface area (Å²) in [6.45, 7) is 0.629. The molecular formula is C15H12N8O. The first kappa shape index (κ1) is 14.0. The van der Waals surface area contributed by atoms with Crippen molar-refractivity contribution in [1.82, 2.24) is 34.8 Å². The molecule has 1 amide bonds. The maximum atomic E-state index is 12.3. The van der Waals surface area contributed by atoms with Crippen molar-refractivity contribution in [3.05, 3.63) is 66.4 Å². The van der Waals surface area contributed by atoms with Crippen LogP contribution in [0.3, 0.4) is 0 Å². The van der Waals surface area contributed by atoms with Gasteiger partial charge < -0.3 is 5.32 Å². The molecule has 9 heteroatoms. The molecule has 0 atom stereocenters. The fraction of sp³-hybridized carbons (Fsp3) is 0.0667. The Balaban J connectivity index is 1.47. The van der Waals surface area contributed by atoms with Crippen LogP contribution in [-0.4, -0.2) is 40.7 Å². The number of anilines is 1. The number of pyridine rings is 1. The van der Waals surface area contributed by atoms with Crippen LogP contribution >= 0.6 is 0 Å². The summed E-state index contributed by atoms with van der Waals surface area (Å²) in [6.07, 6.45) is 4.74. The Morgan fingerprint density at radius 1 is 1.12 bits per heavy atom. The molecule has 4 aromatic rings. The highest BCUT2D eigenvalue weighted by molar-refractivity contribution is 6.04. The lowest BCUT2D eigenvalue weighted by Crippen LogP contribution is -2.13. The van der Waals surface area contributed by atoms with Gasteiger partial charge in [-0.15, -0.1) is 5.10 Å². The molecule has 1 N–H and O–H groups in total. The van der Waals surface area contributed by atoms with Crippen molar-refractivity contribution >= 4 is 17.2 Å². The van der Waals surface area contributed by atoms with Gasteiger partial charge in [-0.25, -0.2) is 9.67 Å². The second-order valence-electron chi connectivity index (χ2n) is 5.14. The van der Waals surface area contributed by atoms with Gasteiger partial charge in [0.1, 0.15) is 12.7 Å². The molecule has 4 rings (SSSR count). The van der Waals surface area contributed by atoms with Crippen LogP contribution in [0.25, 0.3) is 5.65 Å². The largest absolute Gasteiger partial charge is 0.322 e. The third-order valence-electron chi connectivity index (χ3n) is 3.48. The van der Waals surface area contributed by atoms with Gasteiger partial charge in [0.05, 0.1) is 12.1 Å². The number of nitrogens with one attached hydrogen (secondary N) is 1. The summed E-state index contributed by atoms with van der Waals surface area (Å²) < 4.78 is 3.19. The monoisotopic (exact) mass is 320 g/mol. The second-order valence-corrected chi connectivity index (χ2v) is 5.14. The van der Waals surface area contributed by atoms with Crippen LogP contribution in [0.15, 0.2) is 55.2 Å². The summed E-state index contributed by atoms with van der Waals surface area (Å²) >= 11 is 0. The van der Waals surface area contributed by atoms with Gasteiger partial charge in [-0.1, -0.05) is 12.1 Å². The van der Waals surface area contributed by atoms with E-state index in [-0.39, 0.29) is 5.91 Å². The van der Waals surface area contributed by atoms with E-state index in [9.17, 15) is 4.79 Å². The quantitative estimate of drug-likeness (QED) is 0.602. The zero-order valence-corrected chi connectivity index (χ0v) is 12.4. The van der Waals surface area contributed by atoms with Crippen LogP contribution in [0.2, 0.25) is 0 Å². The van der Waals surface area contributed by atoms with E-state index in [0.717, 1.165) is 5.56 Å². The molecule has 0 radical (unpaired) electrons. The van der Waals surface area contributed by atoms with E-state index in [4.69, 9.17) is 0 Å². The normalized spacial score (nSPS) is 10.8. The molecule has 0 bridgehead atoms. The van der Waals surface area contributed by atoms with Crippen LogP contribution in [0, 0.1) is 0 Å². The Kier molecular flexibility index (Phi) is 3.43. The average molecular weight is 320 g/mol. The summed E-state index contributed by atoms with van der Waals surface area (Å²) in [7, 11) is 0. The van der Waals surface area contributed by atoms with Gasteiger partial charge in [-0.3, -0.25) is 4.79 Å². The third kappa shape index (κ3) is 2.82. The van der Waals surface area contributed by atoms with Gasteiger partial charge in [-0.05, 0) is 40.3 Å². The van der Waals surface area contributed by atoms with Crippen molar-refractivity contribution in [1.29, 1.82) is 0 Å². The predicted molar refractivity (Wildman–Crippen MR) is 84.3 cm³/mol. The zero-order valence-electron chi connectivity index (χ0n) is 12.4. The van der Waals surface area contributed by atoms with E-state index in [2.05, 4.69) is 30.9 Å². The van der Waals surface area contributed by atoms with Crippen LogP contribution < -0.4 is 5.32 Å². The van der Waals surface area contributed by atoms with Crippen LogP contribution in [0.1, 0.15) is 15.9 Å². The fourth-order valence-electron chi connectivity index (χ4n) is 2.27. The van der Waals surface area contributed by atoms with Gasteiger partial charge in [0, 0.05) is 11.9 Å². The van der Waals surface area contributed by atoms with Gasteiger partial charge in [0.2, 0.25) is 0 Å². The third-order valence-corrected chi connectivity index (χ3v) is 3.48. The minimum atomic E-state index is -0.226. The van der Waals surface area contributed by atoms with Crippen molar-refractivity contribution in [3.63, 3.8) is 0 Å². The molecule has 24 heavy (non-hydrogen) atoms. The number of tetrazole rings is 1. The maximum Gasteiger partial charge on any atom is 0.257 e. The maximum absolute atomic E-state index is 12.3. The zero-order chi connectivity index (χ0) is 16.4. The lowest BCUT2D eigenvalue weighted by Gasteiger charge is -2.07. The van der Waals surface area contributed by atoms with Crippen molar-refractivity contribution in [2.75, 3.05) is 5.32 Å². The molecule has 3 heterocycles. The first-order valence-electron chi connectivity index (χ1n) is 7.18. The number of carbonyl (C=O) groups is 1. The molecule has 0 fully saturated rings. The second kappa shape index (κ2) is 5.88. The molecule has 3 aromatic heterocycles. The first-order valence-corrected chi connectivity index (χ1v) is 7.18.